The topological polar surface area (TPSA) is 58.9 Å². The Hall–Kier alpha value is -1.49. The van der Waals surface area contributed by atoms with Crippen molar-refractivity contribution in [3.63, 3.8) is 0 Å². The van der Waals surface area contributed by atoms with Gasteiger partial charge in [0.25, 0.3) is 0 Å². The predicted molar refractivity (Wildman–Crippen MR) is 50.9 cm³/mol. The first-order valence-electron chi connectivity index (χ1n) is 3.79. The zero-order chi connectivity index (χ0) is 11.1. The van der Waals surface area contributed by atoms with E-state index in [0.29, 0.717) is 0 Å². The van der Waals surface area contributed by atoms with E-state index in [2.05, 4.69) is 16.3 Å². The minimum Gasteiger partial charge on any atom is -0.479 e. The summed E-state index contributed by atoms with van der Waals surface area (Å²) < 4.78 is 16.8. The third-order valence-corrected chi connectivity index (χ3v) is 1.29. The molecule has 1 N–H and O–H groups in total. The molecular formula is C9H12FNO3. The van der Waals surface area contributed by atoms with E-state index in [1.165, 1.54) is 14.0 Å². The highest BCUT2D eigenvalue weighted by Crippen LogP contribution is 2.02. The first kappa shape index (κ1) is 12.5. The van der Waals surface area contributed by atoms with Gasteiger partial charge in [0.15, 0.2) is 6.10 Å². The summed E-state index contributed by atoms with van der Waals surface area (Å²) in [7, 11) is 1.24. The Morgan fingerprint density at radius 2 is 2.29 bits per heavy atom. The fraction of sp³-hybridized carbons (Fsp3) is 0.333. The minimum atomic E-state index is -1.16. The molecule has 0 aromatic carbocycles. The van der Waals surface area contributed by atoms with Crippen LogP contribution in [0.3, 0.4) is 0 Å². The molecule has 0 aliphatic heterocycles. The Kier molecular flexibility index (Phi) is 5.40. The van der Waals surface area contributed by atoms with Gasteiger partial charge in [-0.05, 0) is 6.92 Å². The van der Waals surface area contributed by atoms with Crippen molar-refractivity contribution in [3.05, 3.63) is 24.2 Å². The van der Waals surface area contributed by atoms with Gasteiger partial charge in [0.2, 0.25) is 0 Å². The number of rotatable bonds is 5. The molecule has 0 spiro atoms. The Morgan fingerprint density at radius 3 is 2.64 bits per heavy atom. The molecule has 0 aliphatic carbocycles. The lowest BCUT2D eigenvalue weighted by Crippen LogP contribution is -2.24. The van der Waals surface area contributed by atoms with Crippen molar-refractivity contribution in [1.82, 2.24) is 0 Å². The highest BCUT2D eigenvalue weighted by atomic mass is 19.1. The number of methoxy groups -OCH3 is 1. The smallest absolute Gasteiger partial charge is 0.337 e. The van der Waals surface area contributed by atoms with Gasteiger partial charge in [0.1, 0.15) is 5.83 Å². The number of carbonyl (C=O) groups is 1. The predicted octanol–water partition coefficient (Wildman–Crippen LogP) is 1.54. The van der Waals surface area contributed by atoms with Gasteiger partial charge in [-0.25, -0.2) is 9.18 Å². The fourth-order valence-electron chi connectivity index (χ4n) is 0.714. The number of hydrogen-bond donors (Lipinski definition) is 1. The summed E-state index contributed by atoms with van der Waals surface area (Å²) in [6.45, 7) is 4.66. The quantitative estimate of drug-likeness (QED) is 0.686. The first-order valence-corrected chi connectivity index (χ1v) is 3.79. The maximum Gasteiger partial charge on any atom is 0.337 e. The summed E-state index contributed by atoms with van der Waals surface area (Å²) in [4.78, 5) is 14.0. The molecule has 0 bridgehead atoms. The average Bonchev–Trinajstić information content (AvgIpc) is 2.03. The van der Waals surface area contributed by atoms with Crippen LogP contribution in [0.5, 0.6) is 0 Å². The van der Waals surface area contributed by atoms with Crippen LogP contribution in [-0.4, -0.2) is 30.5 Å². The van der Waals surface area contributed by atoms with Crippen molar-refractivity contribution in [2.45, 2.75) is 13.0 Å². The molecular weight excluding hydrogens is 189 g/mol. The van der Waals surface area contributed by atoms with Gasteiger partial charge in [-0.1, -0.05) is 6.58 Å². The van der Waals surface area contributed by atoms with E-state index in [1.54, 1.807) is 0 Å². The average molecular weight is 201 g/mol. The highest BCUT2D eigenvalue weighted by Gasteiger charge is 2.18. The molecule has 4 nitrogen and oxygen atoms in total. The van der Waals surface area contributed by atoms with Gasteiger partial charge >= 0.3 is 5.97 Å². The van der Waals surface area contributed by atoms with E-state index in [1.807, 2.05) is 0 Å². The number of carboxylic acids is 1. The van der Waals surface area contributed by atoms with Crippen LogP contribution in [0.15, 0.2) is 29.2 Å². The van der Waals surface area contributed by atoms with Crippen molar-refractivity contribution >= 4 is 12.2 Å². The van der Waals surface area contributed by atoms with Crippen LogP contribution in [0.4, 0.5) is 4.39 Å². The van der Waals surface area contributed by atoms with Crippen molar-refractivity contribution in [1.29, 1.82) is 0 Å². The van der Waals surface area contributed by atoms with Crippen molar-refractivity contribution < 1.29 is 19.0 Å². The van der Waals surface area contributed by atoms with Gasteiger partial charge in [-0.2, -0.15) is 0 Å². The van der Waals surface area contributed by atoms with Crippen LogP contribution in [-0.2, 0) is 9.53 Å². The van der Waals surface area contributed by atoms with Crippen LogP contribution in [0.2, 0.25) is 0 Å². The number of halogens is 1. The number of aliphatic imine (C=N–C) groups is 1. The number of hydrogen-bond acceptors (Lipinski definition) is 3. The summed E-state index contributed by atoms with van der Waals surface area (Å²) in [5.74, 6) is -1.64. The van der Waals surface area contributed by atoms with Gasteiger partial charge in [-0.3, -0.25) is 4.99 Å². The second-order valence-corrected chi connectivity index (χ2v) is 2.52. The fourth-order valence-corrected chi connectivity index (χ4v) is 0.714. The van der Waals surface area contributed by atoms with Crippen LogP contribution < -0.4 is 0 Å². The van der Waals surface area contributed by atoms with E-state index in [9.17, 15) is 9.18 Å². The molecule has 14 heavy (non-hydrogen) atoms. The maximum absolute atomic E-state index is 12.2. The summed E-state index contributed by atoms with van der Waals surface area (Å²) >= 11 is 0. The summed E-state index contributed by atoms with van der Waals surface area (Å²) in [5.41, 5.74) is 0.150. The highest BCUT2D eigenvalue weighted by molar-refractivity contribution is 5.90. The van der Waals surface area contributed by atoms with E-state index in [-0.39, 0.29) is 5.57 Å². The molecule has 0 radical (unpaired) electrons. The monoisotopic (exact) mass is 201 g/mol. The molecule has 5 heteroatoms. The number of ether oxygens (including phenoxy) is 1. The number of nitrogens with zero attached hydrogens (tertiary/aromatic N) is 1. The molecule has 0 heterocycles. The van der Waals surface area contributed by atoms with E-state index in [4.69, 9.17) is 5.11 Å². The standard InChI is InChI=1S/C9H12FNO3/c1-6(4-11-5-7(2)10)8(14-3)9(12)13/h4-5,8H,1H2,2-3H3,(H,12,13)/b7-5+,11-4?/t8-/m1/s1. The summed E-state index contributed by atoms with van der Waals surface area (Å²) in [6.07, 6.45) is 0.956. The first-order chi connectivity index (χ1) is 6.49. The zero-order valence-electron chi connectivity index (χ0n) is 8.03. The Morgan fingerprint density at radius 1 is 1.71 bits per heavy atom. The molecule has 0 saturated carbocycles. The van der Waals surface area contributed by atoms with E-state index >= 15 is 0 Å². The number of carboxylic acid groups (broad SMARTS) is 1. The van der Waals surface area contributed by atoms with Gasteiger partial charge in [0, 0.05) is 18.9 Å². The minimum absolute atomic E-state index is 0.150. The zero-order valence-corrected chi connectivity index (χ0v) is 8.03. The van der Waals surface area contributed by atoms with Gasteiger partial charge in [0.05, 0.1) is 6.20 Å². The van der Waals surface area contributed by atoms with Crippen LogP contribution in [0, 0.1) is 0 Å². The molecule has 78 valence electrons. The molecule has 0 rings (SSSR count). The van der Waals surface area contributed by atoms with Crippen molar-refractivity contribution in [3.8, 4) is 0 Å². The number of allylic oxidation sites excluding steroid dienone is 1. The van der Waals surface area contributed by atoms with Gasteiger partial charge in [-0.15, -0.1) is 0 Å². The lowest BCUT2D eigenvalue weighted by molar-refractivity contribution is -0.145. The lowest BCUT2D eigenvalue weighted by Gasteiger charge is -2.08. The number of aliphatic carboxylic acids is 1. The Balaban J connectivity index is 4.39. The maximum atomic E-state index is 12.2. The Bertz CT molecular complexity index is 280. The van der Waals surface area contributed by atoms with Crippen molar-refractivity contribution in [2.75, 3.05) is 7.11 Å². The molecule has 0 unspecified atom stereocenters. The molecule has 0 saturated heterocycles. The van der Waals surface area contributed by atoms with E-state index in [0.717, 1.165) is 12.4 Å². The molecule has 0 aromatic heterocycles. The van der Waals surface area contributed by atoms with E-state index < -0.39 is 17.9 Å². The Labute approximate surface area is 81.4 Å². The van der Waals surface area contributed by atoms with Crippen molar-refractivity contribution in [2.24, 2.45) is 4.99 Å². The lowest BCUT2D eigenvalue weighted by atomic mass is 10.2. The molecule has 0 fully saturated rings. The molecule has 0 aliphatic rings. The SMILES string of the molecule is C=C(C=N/C=C(\C)F)[C@@H](OC)C(=O)O. The van der Waals surface area contributed by atoms with Crippen LogP contribution in [0.1, 0.15) is 6.92 Å². The molecule has 0 aromatic rings. The summed E-state index contributed by atoms with van der Waals surface area (Å²) in [5, 5.41) is 8.62. The van der Waals surface area contributed by atoms with Crippen LogP contribution >= 0.6 is 0 Å². The third kappa shape index (κ3) is 4.51. The summed E-state index contributed by atoms with van der Waals surface area (Å²) in [6, 6.07) is 0. The third-order valence-electron chi connectivity index (χ3n) is 1.29. The molecule has 0 amide bonds. The van der Waals surface area contributed by atoms with Gasteiger partial charge < -0.3 is 9.84 Å². The molecule has 1 atom stereocenters. The normalized spacial score (nSPS) is 14.4. The second-order valence-electron chi connectivity index (χ2n) is 2.52. The largest absolute Gasteiger partial charge is 0.479 e. The second kappa shape index (κ2) is 6.04. The van der Waals surface area contributed by atoms with Crippen LogP contribution in [0.25, 0.3) is 0 Å².